The molecule has 1 atom stereocenters. The van der Waals surface area contributed by atoms with Crippen molar-refractivity contribution in [2.75, 3.05) is 13.2 Å². The Kier molecular flexibility index (Phi) is 6.83. The second-order valence-electron chi connectivity index (χ2n) is 6.50. The first kappa shape index (κ1) is 20.5. The molecule has 0 aromatic heterocycles. The number of aromatic hydroxyl groups is 1. The summed E-state index contributed by atoms with van der Waals surface area (Å²) in [7, 11) is -4.00. The molecule has 0 saturated carbocycles. The molecule has 7 heteroatoms. The third-order valence-electron chi connectivity index (χ3n) is 4.63. The van der Waals surface area contributed by atoms with Crippen LogP contribution in [0.5, 0.6) is 5.75 Å². The average Bonchev–Trinajstić information content (AvgIpc) is 3.09. The molecule has 1 aromatic rings. The second-order valence-corrected chi connectivity index (χ2v) is 8.35. The van der Waals surface area contributed by atoms with E-state index in [1.807, 2.05) is 6.92 Å². The molecule has 1 saturated heterocycles. The van der Waals surface area contributed by atoms with Gasteiger partial charge in [-0.15, -0.1) is 6.58 Å². The van der Waals surface area contributed by atoms with Gasteiger partial charge >= 0.3 is 5.97 Å². The Morgan fingerprint density at radius 1 is 1.46 bits per heavy atom. The van der Waals surface area contributed by atoms with E-state index >= 15 is 0 Å². The summed E-state index contributed by atoms with van der Waals surface area (Å²) in [5.41, 5.74) is 1.32. The van der Waals surface area contributed by atoms with Crippen molar-refractivity contribution in [3.05, 3.63) is 35.9 Å². The van der Waals surface area contributed by atoms with Gasteiger partial charge in [0.15, 0.2) is 0 Å². The van der Waals surface area contributed by atoms with Gasteiger partial charge in [0.25, 0.3) is 0 Å². The van der Waals surface area contributed by atoms with E-state index in [1.54, 1.807) is 19.1 Å². The van der Waals surface area contributed by atoms with E-state index in [0.717, 1.165) is 22.7 Å². The van der Waals surface area contributed by atoms with E-state index in [2.05, 4.69) is 6.58 Å². The number of carbonyl (C=O) groups excluding carboxylic acids is 1. The average molecular weight is 381 g/mol. The number of carbonyl (C=O) groups is 1. The van der Waals surface area contributed by atoms with Crippen LogP contribution in [0.1, 0.15) is 43.7 Å². The molecule has 2 rings (SSSR count). The summed E-state index contributed by atoms with van der Waals surface area (Å²) in [6.45, 7) is 7.96. The number of hydrogen-bond acceptors (Lipinski definition) is 5. The highest BCUT2D eigenvalue weighted by Crippen LogP contribution is 2.35. The van der Waals surface area contributed by atoms with Crippen molar-refractivity contribution in [3.8, 4) is 5.75 Å². The van der Waals surface area contributed by atoms with Gasteiger partial charge in [-0.3, -0.25) is 4.79 Å². The minimum atomic E-state index is -4.00. The number of phenols is 1. The van der Waals surface area contributed by atoms with Gasteiger partial charge in [-0.25, -0.2) is 8.42 Å². The van der Waals surface area contributed by atoms with Gasteiger partial charge in [-0.1, -0.05) is 25.5 Å². The fourth-order valence-electron chi connectivity index (χ4n) is 3.13. The van der Waals surface area contributed by atoms with E-state index in [1.165, 1.54) is 6.07 Å². The highest BCUT2D eigenvalue weighted by Gasteiger charge is 2.41. The maximum Gasteiger partial charge on any atom is 0.324 e. The van der Waals surface area contributed by atoms with Crippen molar-refractivity contribution in [3.63, 3.8) is 0 Å². The lowest BCUT2D eigenvalue weighted by molar-refractivity contribution is -0.147. The quantitative estimate of drug-likeness (QED) is 0.425. The van der Waals surface area contributed by atoms with E-state index in [-0.39, 0.29) is 17.2 Å². The minimum Gasteiger partial charge on any atom is -0.506 e. The van der Waals surface area contributed by atoms with Crippen LogP contribution in [-0.4, -0.2) is 43.0 Å². The number of aryl methyl sites for hydroxylation is 1. The Labute approximate surface area is 155 Å². The molecule has 1 heterocycles. The van der Waals surface area contributed by atoms with Gasteiger partial charge in [0.1, 0.15) is 16.7 Å². The van der Waals surface area contributed by atoms with E-state index in [0.29, 0.717) is 31.4 Å². The smallest absolute Gasteiger partial charge is 0.324 e. The Bertz CT molecular complexity index is 772. The number of benzene rings is 1. The summed E-state index contributed by atoms with van der Waals surface area (Å²) in [6, 6.07) is 2.22. The lowest BCUT2D eigenvalue weighted by atomic mass is 10.0. The van der Waals surface area contributed by atoms with Crippen LogP contribution in [-0.2, 0) is 26.0 Å². The van der Waals surface area contributed by atoms with Crippen molar-refractivity contribution in [1.82, 2.24) is 4.31 Å². The molecular weight excluding hydrogens is 354 g/mol. The van der Waals surface area contributed by atoms with Gasteiger partial charge in [-0.2, -0.15) is 4.31 Å². The Balaban J connectivity index is 2.33. The highest BCUT2D eigenvalue weighted by atomic mass is 32.2. The molecule has 1 aromatic carbocycles. The van der Waals surface area contributed by atoms with E-state index in [9.17, 15) is 18.3 Å². The lowest BCUT2D eigenvalue weighted by Gasteiger charge is -2.24. The van der Waals surface area contributed by atoms with Crippen molar-refractivity contribution in [2.24, 2.45) is 0 Å². The van der Waals surface area contributed by atoms with Gasteiger partial charge in [0.2, 0.25) is 10.0 Å². The summed E-state index contributed by atoms with van der Waals surface area (Å²) in [5, 5.41) is 10.5. The third kappa shape index (κ3) is 4.10. The number of nitrogens with zero attached hydrogens (tertiary/aromatic N) is 1. The van der Waals surface area contributed by atoms with Gasteiger partial charge in [0, 0.05) is 12.1 Å². The maximum atomic E-state index is 13.1. The summed E-state index contributed by atoms with van der Waals surface area (Å²) in [5.74, 6) is -0.785. The zero-order valence-electron chi connectivity index (χ0n) is 15.4. The van der Waals surface area contributed by atoms with Crippen molar-refractivity contribution in [2.45, 2.75) is 56.9 Å². The minimum absolute atomic E-state index is 0.173. The monoisotopic (exact) mass is 381 g/mol. The Hall–Kier alpha value is -1.86. The van der Waals surface area contributed by atoms with Crippen LogP contribution in [0.3, 0.4) is 0 Å². The first-order valence-electron chi connectivity index (χ1n) is 8.95. The molecule has 1 aliphatic heterocycles. The molecule has 0 radical (unpaired) electrons. The molecule has 0 amide bonds. The standard InChI is InChI=1S/C19H27NO5S/c1-4-6-13-25-19(22)16-9-7-12-20(16)26(23,24)17-11-10-14(3)15(8-5-2)18(17)21/h5,10-11,16,21H,2,4,6-9,12-13H2,1,3H3/t16-/m0/s1. The predicted molar refractivity (Wildman–Crippen MR) is 99.5 cm³/mol. The molecule has 26 heavy (non-hydrogen) atoms. The number of esters is 1. The Morgan fingerprint density at radius 3 is 2.85 bits per heavy atom. The summed E-state index contributed by atoms with van der Waals surface area (Å²) >= 11 is 0. The number of hydrogen-bond donors (Lipinski definition) is 1. The van der Waals surface area contributed by atoms with E-state index in [4.69, 9.17) is 4.74 Å². The number of phenolic OH excluding ortho intramolecular Hbond substituents is 1. The first-order valence-corrected chi connectivity index (χ1v) is 10.4. The van der Waals surface area contributed by atoms with Crippen molar-refractivity contribution < 1.29 is 23.1 Å². The number of allylic oxidation sites excluding steroid dienone is 1. The van der Waals surface area contributed by atoms with Crippen LogP contribution in [0.4, 0.5) is 0 Å². The predicted octanol–water partition coefficient (Wildman–Crippen LogP) is 2.93. The van der Waals surface area contributed by atoms with Crippen LogP contribution in [0.25, 0.3) is 0 Å². The largest absolute Gasteiger partial charge is 0.506 e. The first-order chi connectivity index (χ1) is 12.3. The molecule has 1 aliphatic rings. The van der Waals surface area contributed by atoms with Crippen LogP contribution in [0, 0.1) is 6.92 Å². The highest BCUT2D eigenvalue weighted by molar-refractivity contribution is 7.89. The zero-order chi connectivity index (χ0) is 19.3. The summed E-state index contributed by atoms with van der Waals surface area (Å²) < 4.78 is 32.6. The van der Waals surface area contributed by atoms with Gasteiger partial charge < -0.3 is 9.84 Å². The number of rotatable bonds is 8. The lowest BCUT2D eigenvalue weighted by Crippen LogP contribution is -2.41. The molecular formula is C19H27NO5S. The molecule has 0 aliphatic carbocycles. The fourth-order valence-corrected chi connectivity index (χ4v) is 4.89. The van der Waals surface area contributed by atoms with Crippen LogP contribution < -0.4 is 0 Å². The van der Waals surface area contributed by atoms with Crippen LogP contribution in [0.2, 0.25) is 0 Å². The molecule has 1 fully saturated rings. The molecule has 0 spiro atoms. The second kappa shape index (κ2) is 8.68. The van der Waals surface area contributed by atoms with Crippen LogP contribution >= 0.6 is 0 Å². The molecule has 0 bridgehead atoms. The SMILES string of the molecule is C=CCc1c(C)ccc(S(=O)(=O)N2CCC[C@H]2C(=O)OCCCC)c1O. The topological polar surface area (TPSA) is 83.9 Å². The van der Waals surface area contributed by atoms with Crippen molar-refractivity contribution >= 4 is 16.0 Å². The van der Waals surface area contributed by atoms with Gasteiger partial charge in [-0.05, 0) is 44.2 Å². The number of ether oxygens (including phenoxy) is 1. The number of sulfonamides is 1. The van der Waals surface area contributed by atoms with E-state index < -0.39 is 22.0 Å². The van der Waals surface area contributed by atoms with Gasteiger partial charge in [0.05, 0.1) is 6.61 Å². The zero-order valence-corrected chi connectivity index (χ0v) is 16.2. The molecule has 1 N–H and O–H groups in total. The van der Waals surface area contributed by atoms with Crippen molar-refractivity contribution in [1.29, 1.82) is 0 Å². The molecule has 6 nitrogen and oxygen atoms in total. The summed E-state index contributed by atoms with van der Waals surface area (Å²) in [6.07, 6.45) is 4.62. The van der Waals surface area contributed by atoms with Crippen LogP contribution in [0.15, 0.2) is 29.7 Å². The Morgan fingerprint density at radius 2 is 2.19 bits per heavy atom. The molecule has 0 unspecified atom stereocenters. The normalized spacial score (nSPS) is 18.0. The fraction of sp³-hybridized carbons (Fsp3) is 0.526. The third-order valence-corrected chi connectivity index (χ3v) is 6.57. The number of unbranched alkanes of at least 4 members (excludes halogenated alkanes) is 1. The summed E-state index contributed by atoms with van der Waals surface area (Å²) in [4.78, 5) is 12.1. The molecule has 144 valence electrons. The maximum absolute atomic E-state index is 13.1.